The fourth-order valence-corrected chi connectivity index (χ4v) is 3.66. The molecule has 2 amide bonds. The first-order valence-electron chi connectivity index (χ1n) is 9.19. The van der Waals surface area contributed by atoms with Crippen molar-refractivity contribution in [3.8, 4) is 0 Å². The lowest BCUT2D eigenvalue weighted by atomic mass is 10.1. The molecule has 4 rings (SSSR count). The molecule has 0 spiro atoms. The number of imidazole rings is 1. The number of nitrogens with zero attached hydrogens (tertiary/aromatic N) is 3. The van der Waals surface area contributed by atoms with Crippen molar-refractivity contribution in [1.29, 1.82) is 0 Å². The summed E-state index contributed by atoms with van der Waals surface area (Å²) in [5.41, 5.74) is 3.85. The van der Waals surface area contributed by atoms with E-state index < -0.39 is 0 Å². The van der Waals surface area contributed by atoms with Gasteiger partial charge in [0.05, 0.1) is 5.52 Å². The summed E-state index contributed by atoms with van der Waals surface area (Å²) in [4.78, 5) is 32.0. The van der Waals surface area contributed by atoms with Crippen molar-refractivity contribution in [3.05, 3.63) is 65.2 Å². The van der Waals surface area contributed by atoms with E-state index >= 15 is 0 Å². The van der Waals surface area contributed by atoms with Crippen molar-refractivity contribution >= 4 is 23.0 Å². The van der Waals surface area contributed by atoms with Gasteiger partial charge in [-0.1, -0.05) is 12.1 Å². The number of benzene rings is 1. The number of pyridine rings is 1. The van der Waals surface area contributed by atoms with Gasteiger partial charge in [0.2, 0.25) is 5.82 Å². The number of fused-ring (bicyclic) bond motifs is 1. The smallest absolute Gasteiger partial charge is 0.292 e. The Morgan fingerprint density at radius 1 is 1.04 bits per heavy atom. The molecule has 1 aliphatic rings. The van der Waals surface area contributed by atoms with Gasteiger partial charge in [-0.3, -0.25) is 14.0 Å². The van der Waals surface area contributed by atoms with E-state index in [9.17, 15) is 9.59 Å². The number of anilines is 1. The van der Waals surface area contributed by atoms with Gasteiger partial charge in [0.1, 0.15) is 0 Å². The summed E-state index contributed by atoms with van der Waals surface area (Å²) in [7, 11) is 0. The highest BCUT2D eigenvalue weighted by atomic mass is 16.2. The average molecular weight is 362 g/mol. The molecule has 0 aliphatic carbocycles. The molecule has 0 saturated carbocycles. The first kappa shape index (κ1) is 17.3. The number of aryl methyl sites for hydroxylation is 2. The zero-order valence-corrected chi connectivity index (χ0v) is 15.5. The summed E-state index contributed by atoms with van der Waals surface area (Å²) in [5, 5.41) is 2.91. The topological polar surface area (TPSA) is 66.7 Å². The predicted octanol–water partition coefficient (Wildman–Crippen LogP) is 3.44. The van der Waals surface area contributed by atoms with E-state index in [1.165, 1.54) is 0 Å². The second-order valence-corrected chi connectivity index (χ2v) is 7.07. The normalized spacial score (nSPS) is 13.9. The number of hydrogen-bond acceptors (Lipinski definition) is 3. The summed E-state index contributed by atoms with van der Waals surface area (Å²) in [6, 6.07) is 11.4. The molecule has 27 heavy (non-hydrogen) atoms. The lowest BCUT2D eigenvalue weighted by Crippen LogP contribution is -2.28. The molecule has 0 bridgehead atoms. The molecular formula is C21H22N4O2. The number of amides is 2. The summed E-state index contributed by atoms with van der Waals surface area (Å²) in [6.07, 6.45) is 3.79. The number of likely N-dealkylation sites (tertiary alicyclic amines) is 1. The molecule has 6 nitrogen and oxygen atoms in total. The van der Waals surface area contributed by atoms with Crippen LogP contribution in [0.1, 0.15) is 45.1 Å². The van der Waals surface area contributed by atoms with E-state index in [1.807, 2.05) is 50.2 Å². The fourth-order valence-electron chi connectivity index (χ4n) is 3.66. The van der Waals surface area contributed by atoms with Crippen LogP contribution in [0.3, 0.4) is 0 Å². The highest BCUT2D eigenvalue weighted by Gasteiger charge is 2.26. The summed E-state index contributed by atoms with van der Waals surface area (Å²) in [5.74, 6) is -0.226. The van der Waals surface area contributed by atoms with Gasteiger partial charge in [0.15, 0.2) is 5.69 Å². The molecule has 3 aromatic rings. The Kier molecular flexibility index (Phi) is 4.39. The second kappa shape index (κ2) is 6.87. The molecule has 1 aromatic carbocycles. The molecule has 138 valence electrons. The Hall–Kier alpha value is -3.15. The summed E-state index contributed by atoms with van der Waals surface area (Å²) < 4.78 is 1.68. The van der Waals surface area contributed by atoms with Gasteiger partial charge in [-0.05, 0) is 62.1 Å². The van der Waals surface area contributed by atoms with E-state index in [2.05, 4.69) is 10.3 Å². The molecule has 1 N–H and O–H groups in total. The van der Waals surface area contributed by atoms with Gasteiger partial charge >= 0.3 is 0 Å². The number of carbonyl (C=O) groups excluding carboxylic acids is 2. The van der Waals surface area contributed by atoms with Crippen LogP contribution in [-0.2, 0) is 0 Å². The SMILES string of the molecule is Cc1cc(C)cc(NC(=O)c2nc(C(=O)N3CCCC3)c3ccccn23)c1. The molecule has 3 heterocycles. The van der Waals surface area contributed by atoms with Crippen LogP contribution in [-0.4, -0.2) is 39.2 Å². The Labute approximate surface area is 157 Å². The predicted molar refractivity (Wildman–Crippen MR) is 104 cm³/mol. The second-order valence-electron chi connectivity index (χ2n) is 7.07. The minimum Gasteiger partial charge on any atom is -0.337 e. The Bertz CT molecular complexity index is 1010. The van der Waals surface area contributed by atoms with Crippen LogP contribution in [0.4, 0.5) is 5.69 Å². The number of aromatic nitrogens is 2. The highest BCUT2D eigenvalue weighted by molar-refractivity contribution is 6.06. The van der Waals surface area contributed by atoms with E-state index in [0.717, 1.165) is 42.7 Å². The molecule has 6 heteroatoms. The third kappa shape index (κ3) is 3.30. The largest absolute Gasteiger partial charge is 0.337 e. The first-order valence-corrected chi connectivity index (χ1v) is 9.19. The standard InChI is InChI=1S/C21H22N4O2/c1-14-11-15(2)13-16(12-14)22-20(26)19-23-18(17-7-3-4-10-25(17)19)21(27)24-8-5-6-9-24/h3-4,7,10-13H,5-6,8-9H2,1-2H3,(H,22,26). The molecule has 1 saturated heterocycles. The number of rotatable bonds is 3. The van der Waals surface area contributed by atoms with E-state index in [1.54, 1.807) is 15.5 Å². The van der Waals surface area contributed by atoms with Gasteiger partial charge < -0.3 is 10.2 Å². The maximum absolute atomic E-state index is 12.9. The van der Waals surface area contributed by atoms with Crippen LogP contribution in [0.5, 0.6) is 0 Å². The summed E-state index contributed by atoms with van der Waals surface area (Å²) in [6.45, 7) is 5.46. The Morgan fingerprint density at radius 2 is 1.74 bits per heavy atom. The molecule has 1 aliphatic heterocycles. The zero-order valence-electron chi connectivity index (χ0n) is 15.5. The number of carbonyl (C=O) groups is 2. The maximum atomic E-state index is 12.9. The lowest BCUT2D eigenvalue weighted by Gasteiger charge is -2.13. The van der Waals surface area contributed by atoms with Crippen molar-refractivity contribution in [2.45, 2.75) is 26.7 Å². The van der Waals surface area contributed by atoms with Crippen molar-refractivity contribution in [2.24, 2.45) is 0 Å². The monoisotopic (exact) mass is 362 g/mol. The van der Waals surface area contributed by atoms with Gasteiger partial charge in [0, 0.05) is 25.0 Å². The minimum atomic E-state index is -0.332. The molecular weight excluding hydrogens is 340 g/mol. The van der Waals surface area contributed by atoms with Crippen molar-refractivity contribution in [3.63, 3.8) is 0 Å². The van der Waals surface area contributed by atoms with E-state index in [0.29, 0.717) is 11.2 Å². The van der Waals surface area contributed by atoms with Crippen LogP contribution in [0, 0.1) is 13.8 Å². The van der Waals surface area contributed by atoms with Crippen molar-refractivity contribution < 1.29 is 9.59 Å². The zero-order chi connectivity index (χ0) is 19.0. The fraction of sp³-hybridized carbons (Fsp3) is 0.286. The van der Waals surface area contributed by atoms with Crippen LogP contribution >= 0.6 is 0 Å². The summed E-state index contributed by atoms with van der Waals surface area (Å²) >= 11 is 0. The van der Waals surface area contributed by atoms with E-state index in [-0.39, 0.29) is 17.6 Å². The Balaban J connectivity index is 1.71. The van der Waals surface area contributed by atoms with Crippen LogP contribution < -0.4 is 5.32 Å². The molecule has 0 radical (unpaired) electrons. The minimum absolute atomic E-state index is 0.110. The molecule has 0 unspecified atom stereocenters. The van der Waals surface area contributed by atoms with Crippen molar-refractivity contribution in [1.82, 2.24) is 14.3 Å². The number of nitrogens with one attached hydrogen (secondary N) is 1. The van der Waals surface area contributed by atoms with Gasteiger partial charge in [0.25, 0.3) is 11.8 Å². The van der Waals surface area contributed by atoms with Crippen molar-refractivity contribution in [2.75, 3.05) is 18.4 Å². The third-order valence-corrected chi connectivity index (χ3v) is 4.83. The molecule has 1 fully saturated rings. The third-order valence-electron chi connectivity index (χ3n) is 4.83. The highest BCUT2D eigenvalue weighted by Crippen LogP contribution is 2.20. The molecule has 2 aromatic heterocycles. The lowest BCUT2D eigenvalue weighted by molar-refractivity contribution is 0.0789. The van der Waals surface area contributed by atoms with Crippen LogP contribution in [0.2, 0.25) is 0 Å². The van der Waals surface area contributed by atoms with Gasteiger partial charge in [-0.2, -0.15) is 0 Å². The van der Waals surface area contributed by atoms with E-state index in [4.69, 9.17) is 0 Å². The quantitative estimate of drug-likeness (QED) is 0.776. The Morgan fingerprint density at radius 3 is 2.44 bits per heavy atom. The molecule has 0 atom stereocenters. The van der Waals surface area contributed by atoms with Crippen LogP contribution in [0.15, 0.2) is 42.6 Å². The van der Waals surface area contributed by atoms with Gasteiger partial charge in [-0.25, -0.2) is 4.98 Å². The van der Waals surface area contributed by atoms with Crippen LogP contribution in [0.25, 0.3) is 5.52 Å². The number of hydrogen-bond donors (Lipinski definition) is 1. The average Bonchev–Trinajstić information content (AvgIpc) is 3.28. The maximum Gasteiger partial charge on any atom is 0.292 e. The first-order chi connectivity index (χ1) is 13.0. The van der Waals surface area contributed by atoms with Gasteiger partial charge in [-0.15, -0.1) is 0 Å².